The molecule has 1 aliphatic heterocycles. The van der Waals surface area contributed by atoms with Gasteiger partial charge in [0, 0.05) is 35.9 Å². The van der Waals surface area contributed by atoms with Crippen LogP contribution in [0, 0.1) is 0 Å². The van der Waals surface area contributed by atoms with E-state index >= 15 is 0 Å². The van der Waals surface area contributed by atoms with E-state index < -0.39 is 0 Å². The van der Waals surface area contributed by atoms with Crippen LogP contribution < -0.4 is 5.32 Å². The molecule has 0 spiro atoms. The van der Waals surface area contributed by atoms with Crippen molar-refractivity contribution in [1.29, 1.82) is 0 Å². The lowest BCUT2D eigenvalue weighted by molar-refractivity contribution is -0.121. The third-order valence-corrected chi connectivity index (χ3v) is 4.69. The molecule has 112 valence electrons. The van der Waals surface area contributed by atoms with Crippen LogP contribution in [-0.4, -0.2) is 45.1 Å². The van der Waals surface area contributed by atoms with Gasteiger partial charge >= 0.3 is 0 Å². The average Bonchev–Trinajstić information content (AvgIpc) is 3.20. The van der Waals surface area contributed by atoms with E-state index in [0.717, 1.165) is 31.6 Å². The van der Waals surface area contributed by atoms with Gasteiger partial charge in [0.25, 0.3) is 0 Å². The summed E-state index contributed by atoms with van der Waals surface area (Å²) in [4.78, 5) is 18.6. The maximum absolute atomic E-state index is 12.3. The zero-order valence-electron chi connectivity index (χ0n) is 12.0. The number of aromatic nitrogens is 3. The number of nitrogens with one attached hydrogen (secondary N) is 2. The summed E-state index contributed by atoms with van der Waals surface area (Å²) in [5.41, 5.74) is 1.16. The highest BCUT2D eigenvalue weighted by molar-refractivity contribution is 7.13. The van der Waals surface area contributed by atoms with Crippen molar-refractivity contribution in [2.24, 2.45) is 0 Å². The smallest absolute Gasteiger partial charge is 0.243 e. The number of carbonyl (C=O) groups excluding carboxylic acids is 1. The average molecular weight is 305 g/mol. The molecule has 6 nitrogen and oxygen atoms in total. The number of thiazole rings is 1. The molecule has 3 heterocycles. The summed E-state index contributed by atoms with van der Waals surface area (Å²) in [6.45, 7) is 3.80. The maximum atomic E-state index is 12.3. The van der Waals surface area contributed by atoms with Gasteiger partial charge in [-0.2, -0.15) is 5.10 Å². The number of hydrogen-bond acceptors (Lipinski definition) is 5. The van der Waals surface area contributed by atoms with Gasteiger partial charge < -0.3 is 5.32 Å². The molecule has 2 aromatic heterocycles. The molecule has 0 aromatic carbocycles. The van der Waals surface area contributed by atoms with Crippen molar-refractivity contribution in [1.82, 2.24) is 20.1 Å². The number of amides is 1. The number of rotatable bonds is 4. The molecule has 1 saturated heterocycles. The quantitative estimate of drug-likeness (QED) is 0.907. The van der Waals surface area contributed by atoms with Gasteiger partial charge in [0.1, 0.15) is 0 Å². The SMILES string of the molecule is C[C@@H](C(=O)Nc1nccs1)N1CCC[C@H](c2ccn[nH]2)C1. The van der Waals surface area contributed by atoms with E-state index in [2.05, 4.69) is 25.4 Å². The van der Waals surface area contributed by atoms with Crippen molar-refractivity contribution in [3.8, 4) is 0 Å². The Balaban J connectivity index is 1.61. The standard InChI is InChI=1S/C14H19N5OS/c1-10(13(20)17-14-15-6-8-21-14)19-7-2-3-11(9-19)12-4-5-16-18-12/h4-6,8,10-11H,2-3,7,9H2,1H3,(H,16,18)(H,15,17,20)/t10-,11-/m0/s1. The fourth-order valence-electron chi connectivity index (χ4n) is 2.77. The summed E-state index contributed by atoms with van der Waals surface area (Å²) in [7, 11) is 0. The van der Waals surface area contributed by atoms with Crippen LogP contribution in [0.3, 0.4) is 0 Å². The van der Waals surface area contributed by atoms with E-state index in [-0.39, 0.29) is 11.9 Å². The van der Waals surface area contributed by atoms with E-state index in [1.54, 1.807) is 12.4 Å². The van der Waals surface area contributed by atoms with Gasteiger partial charge in [-0.3, -0.25) is 14.8 Å². The van der Waals surface area contributed by atoms with Gasteiger partial charge in [0.2, 0.25) is 5.91 Å². The third kappa shape index (κ3) is 3.30. The zero-order chi connectivity index (χ0) is 14.7. The van der Waals surface area contributed by atoms with Crippen LogP contribution in [0.1, 0.15) is 31.4 Å². The molecule has 0 unspecified atom stereocenters. The number of likely N-dealkylation sites (tertiary alicyclic amines) is 1. The number of anilines is 1. The molecule has 2 N–H and O–H groups in total. The van der Waals surface area contributed by atoms with E-state index in [1.165, 1.54) is 11.3 Å². The largest absolute Gasteiger partial charge is 0.301 e. The highest BCUT2D eigenvalue weighted by atomic mass is 32.1. The molecule has 0 radical (unpaired) electrons. The fourth-order valence-corrected chi connectivity index (χ4v) is 3.30. The van der Waals surface area contributed by atoms with Crippen LogP contribution in [0.2, 0.25) is 0 Å². The molecule has 3 rings (SSSR count). The number of piperidine rings is 1. The zero-order valence-corrected chi connectivity index (χ0v) is 12.8. The highest BCUT2D eigenvalue weighted by Gasteiger charge is 2.28. The lowest BCUT2D eigenvalue weighted by Gasteiger charge is -2.35. The van der Waals surface area contributed by atoms with E-state index in [4.69, 9.17) is 0 Å². The third-order valence-electron chi connectivity index (χ3n) is 4.00. The molecule has 21 heavy (non-hydrogen) atoms. The summed E-state index contributed by atoms with van der Waals surface area (Å²) < 4.78 is 0. The van der Waals surface area contributed by atoms with Crippen molar-refractivity contribution >= 4 is 22.4 Å². The molecule has 0 saturated carbocycles. The van der Waals surface area contributed by atoms with Crippen molar-refractivity contribution in [3.63, 3.8) is 0 Å². The predicted molar refractivity (Wildman–Crippen MR) is 82.3 cm³/mol. The molecule has 2 atom stereocenters. The summed E-state index contributed by atoms with van der Waals surface area (Å²) >= 11 is 1.44. The number of aromatic amines is 1. The Labute approximate surface area is 127 Å². The van der Waals surface area contributed by atoms with Crippen LogP contribution in [-0.2, 0) is 4.79 Å². The van der Waals surface area contributed by atoms with E-state index in [1.807, 2.05) is 18.4 Å². The Bertz CT molecular complexity index is 568. The second-order valence-electron chi connectivity index (χ2n) is 5.35. The number of H-pyrrole nitrogens is 1. The molecule has 0 aliphatic carbocycles. The van der Waals surface area contributed by atoms with Crippen LogP contribution >= 0.6 is 11.3 Å². The first-order chi connectivity index (χ1) is 10.2. The maximum Gasteiger partial charge on any atom is 0.243 e. The van der Waals surface area contributed by atoms with Crippen molar-refractivity contribution in [2.45, 2.75) is 31.7 Å². The Morgan fingerprint density at radius 1 is 1.57 bits per heavy atom. The molecule has 0 bridgehead atoms. The number of hydrogen-bond donors (Lipinski definition) is 2. The molecule has 1 aliphatic rings. The Morgan fingerprint density at radius 3 is 3.19 bits per heavy atom. The van der Waals surface area contributed by atoms with Gasteiger partial charge in [-0.25, -0.2) is 4.98 Å². The Kier molecular flexibility index (Phi) is 4.31. The first-order valence-electron chi connectivity index (χ1n) is 7.17. The lowest BCUT2D eigenvalue weighted by atomic mass is 9.94. The Morgan fingerprint density at radius 2 is 2.48 bits per heavy atom. The van der Waals surface area contributed by atoms with E-state index in [9.17, 15) is 4.79 Å². The van der Waals surface area contributed by atoms with Crippen LogP contribution in [0.15, 0.2) is 23.8 Å². The first-order valence-corrected chi connectivity index (χ1v) is 8.05. The lowest BCUT2D eigenvalue weighted by Crippen LogP contribution is -2.46. The van der Waals surface area contributed by atoms with Crippen LogP contribution in [0.5, 0.6) is 0 Å². The first kappa shape index (κ1) is 14.2. The summed E-state index contributed by atoms with van der Waals surface area (Å²) in [5, 5.41) is 12.5. The Hall–Kier alpha value is -1.73. The second-order valence-corrected chi connectivity index (χ2v) is 6.24. The van der Waals surface area contributed by atoms with Crippen molar-refractivity contribution in [2.75, 3.05) is 18.4 Å². The topological polar surface area (TPSA) is 73.9 Å². The van der Waals surface area contributed by atoms with Gasteiger partial charge in [0.05, 0.1) is 6.04 Å². The minimum atomic E-state index is -0.153. The van der Waals surface area contributed by atoms with Gasteiger partial charge in [-0.15, -0.1) is 11.3 Å². The van der Waals surface area contributed by atoms with Crippen LogP contribution in [0.25, 0.3) is 0 Å². The number of nitrogens with zero attached hydrogens (tertiary/aromatic N) is 3. The molecule has 1 fully saturated rings. The summed E-state index contributed by atoms with van der Waals surface area (Å²) in [6, 6.07) is 1.87. The molecular weight excluding hydrogens is 286 g/mol. The van der Waals surface area contributed by atoms with Crippen LogP contribution in [0.4, 0.5) is 5.13 Å². The normalized spacial score (nSPS) is 21.1. The van der Waals surface area contributed by atoms with Gasteiger partial charge in [0.15, 0.2) is 5.13 Å². The summed E-state index contributed by atoms with van der Waals surface area (Å²) in [6.07, 6.45) is 5.71. The highest BCUT2D eigenvalue weighted by Crippen LogP contribution is 2.26. The molecule has 2 aromatic rings. The fraction of sp³-hybridized carbons (Fsp3) is 0.500. The minimum absolute atomic E-state index is 0.00945. The number of carbonyl (C=O) groups is 1. The van der Waals surface area contributed by atoms with Gasteiger partial charge in [-0.05, 0) is 32.4 Å². The summed E-state index contributed by atoms with van der Waals surface area (Å²) in [5.74, 6) is 0.437. The molecule has 1 amide bonds. The van der Waals surface area contributed by atoms with Crippen molar-refractivity contribution in [3.05, 3.63) is 29.5 Å². The van der Waals surface area contributed by atoms with E-state index in [0.29, 0.717) is 11.0 Å². The van der Waals surface area contributed by atoms with Crippen molar-refractivity contribution < 1.29 is 4.79 Å². The van der Waals surface area contributed by atoms with Gasteiger partial charge in [-0.1, -0.05) is 0 Å². The predicted octanol–water partition coefficient (Wildman–Crippen LogP) is 2.07. The molecule has 7 heteroatoms. The molecular formula is C14H19N5OS. The minimum Gasteiger partial charge on any atom is -0.301 e. The second kappa shape index (κ2) is 6.36. The monoisotopic (exact) mass is 305 g/mol.